The van der Waals surface area contributed by atoms with Crippen LogP contribution in [0.2, 0.25) is 0 Å². The summed E-state index contributed by atoms with van der Waals surface area (Å²) in [4.78, 5) is 0. The van der Waals surface area contributed by atoms with Crippen LogP contribution in [0.1, 0.15) is 5.56 Å². The van der Waals surface area contributed by atoms with E-state index in [0.717, 1.165) is 23.4 Å². The highest BCUT2D eigenvalue weighted by Crippen LogP contribution is 2.13. The summed E-state index contributed by atoms with van der Waals surface area (Å²) in [6, 6.07) is 9.66. The second-order valence-corrected chi connectivity index (χ2v) is 3.55. The van der Waals surface area contributed by atoms with Gasteiger partial charge in [0, 0.05) is 6.54 Å². The average molecular weight is 216 g/mol. The maximum Gasteiger partial charge on any atom is 0.119 e. The molecular formula is C13H16N2O. The van der Waals surface area contributed by atoms with E-state index in [-0.39, 0.29) is 0 Å². The van der Waals surface area contributed by atoms with E-state index in [1.807, 2.05) is 31.3 Å². The van der Waals surface area contributed by atoms with Crippen LogP contribution < -0.4 is 10.1 Å². The lowest BCUT2D eigenvalue weighted by molar-refractivity contribution is 0.349. The Labute approximate surface area is 96.4 Å². The number of hydrogen-bond acceptors (Lipinski definition) is 3. The van der Waals surface area contributed by atoms with Crippen LogP contribution >= 0.6 is 0 Å². The SMILES string of the molecule is C=C(CNC)COc1ccc(CC#N)cc1. The van der Waals surface area contributed by atoms with E-state index in [2.05, 4.69) is 18.0 Å². The Hall–Kier alpha value is -1.79. The summed E-state index contributed by atoms with van der Waals surface area (Å²) < 4.78 is 5.53. The molecule has 0 fully saturated rings. The van der Waals surface area contributed by atoms with Crippen molar-refractivity contribution in [2.45, 2.75) is 6.42 Å². The van der Waals surface area contributed by atoms with Crippen LogP contribution in [0.5, 0.6) is 5.75 Å². The first-order valence-electron chi connectivity index (χ1n) is 5.16. The van der Waals surface area contributed by atoms with Gasteiger partial charge in [-0.3, -0.25) is 0 Å². The second kappa shape index (κ2) is 6.65. The molecule has 0 bridgehead atoms. The third-order valence-electron chi connectivity index (χ3n) is 2.08. The Kier molecular flexibility index (Phi) is 5.10. The highest BCUT2D eigenvalue weighted by molar-refractivity contribution is 5.29. The molecule has 1 aromatic rings. The average Bonchev–Trinajstić information content (AvgIpc) is 2.29. The highest BCUT2D eigenvalue weighted by Gasteiger charge is 1.97. The minimum atomic E-state index is 0.437. The molecule has 0 aromatic heterocycles. The predicted octanol–water partition coefficient (Wildman–Crippen LogP) is 1.91. The lowest BCUT2D eigenvalue weighted by atomic mass is 10.2. The molecule has 0 atom stereocenters. The number of benzene rings is 1. The van der Waals surface area contributed by atoms with Crippen LogP contribution in [0, 0.1) is 11.3 Å². The van der Waals surface area contributed by atoms with Crippen molar-refractivity contribution in [3.63, 3.8) is 0 Å². The third-order valence-corrected chi connectivity index (χ3v) is 2.08. The molecule has 0 radical (unpaired) electrons. The molecule has 0 saturated carbocycles. The minimum absolute atomic E-state index is 0.437. The van der Waals surface area contributed by atoms with Crippen molar-refractivity contribution in [1.29, 1.82) is 5.26 Å². The van der Waals surface area contributed by atoms with Crippen molar-refractivity contribution in [3.8, 4) is 11.8 Å². The molecule has 0 spiro atoms. The largest absolute Gasteiger partial charge is 0.489 e. The van der Waals surface area contributed by atoms with Gasteiger partial charge < -0.3 is 10.1 Å². The lowest BCUT2D eigenvalue weighted by Crippen LogP contribution is -2.14. The fraction of sp³-hybridized carbons (Fsp3) is 0.308. The van der Waals surface area contributed by atoms with Crippen LogP contribution in [0.3, 0.4) is 0 Å². The van der Waals surface area contributed by atoms with Gasteiger partial charge in [0.2, 0.25) is 0 Å². The molecule has 0 saturated heterocycles. The van der Waals surface area contributed by atoms with Crippen molar-refractivity contribution >= 4 is 0 Å². The number of likely N-dealkylation sites (N-methyl/N-ethyl adjacent to an activating group) is 1. The van der Waals surface area contributed by atoms with E-state index in [1.165, 1.54) is 0 Å². The molecule has 84 valence electrons. The maximum atomic E-state index is 8.52. The molecule has 1 N–H and O–H groups in total. The van der Waals surface area contributed by atoms with Gasteiger partial charge in [-0.05, 0) is 30.3 Å². The number of nitriles is 1. The van der Waals surface area contributed by atoms with Crippen molar-refractivity contribution in [1.82, 2.24) is 5.32 Å². The van der Waals surface area contributed by atoms with E-state index < -0.39 is 0 Å². The Bertz CT molecular complexity index is 376. The van der Waals surface area contributed by atoms with Gasteiger partial charge in [-0.25, -0.2) is 0 Å². The van der Waals surface area contributed by atoms with E-state index in [4.69, 9.17) is 10.00 Å². The Morgan fingerprint density at radius 3 is 2.69 bits per heavy atom. The molecule has 1 aromatic carbocycles. The molecule has 1 rings (SSSR count). The molecule has 0 amide bonds. The Balaban J connectivity index is 2.43. The van der Waals surface area contributed by atoms with Crippen LogP contribution in [-0.4, -0.2) is 20.2 Å². The van der Waals surface area contributed by atoms with Gasteiger partial charge in [-0.1, -0.05) is 18.7 Å². The van der Waals surface area contributed by atoms with E-state index >= 15 is 0 Å². The summed E-state index contributed by atoms with van der Waals surface area (Å²) in [5.74, 6) is 0.805. The molecule has 3 heteroatoms. The molecule has 0 heterocycles. The van der Waals surface area contributed by atoms with Gasteiger partial charge in [0.05, 0.1) is 12.5 Å². The number of nitrogens with one attached hydrogen (secondary N) is 1. The number of ether oxygens (including phenoxy) is 1. The van der Waals surface area contributed by atoms with Gasteiger partial charge >= 0.3 is 0 Å². The van der Waals surface area contributed by atoms with Gasteiger partial charge in [0.1, 0.15) is 12.4 Å². The Morgan fingerprint density at radius 1 is 1.44 bits per heavy atom. The first-order valence-corrected chi connectivity index (χ1v) is 5.16. The maximum absolute atomic E-state index is 8.52. The molecule has 3 nitrogen and oxygen atoms in total. The predicted molar refractivity (Wildman–Crippen MR) is 64.3 cm³/mol. The van der Waals surface area contributed by atoms with Crippen molar-refractivity contribution in [2.75, 3.05) is 20.2 Å². The van der Waals surface area contributed by atoms with Gasteiger partial charge in [-0.15, -0.1) is 0 Å². The fourth-order valence-electron chi connectivity index (χ4n) is 1.28. The summed E-state index contributed by atoms with van der Waals surface area (Å²) in [5, 5.41) is 11.5. The first kappa shape index (κ1) is 12.3. The highest BCUT2D eigenvalue weighted by atomic mass is 16.5. The zero-order valence-electron chi connectivity index (χ0n) is 9.49. The molecular weight excluding hydrogens is 200 g/mol. The zero-order valence-corrected chi connectivity index (χ0v) is 9.49. The number of rotatable bonds is 6. The summed E-state index contributed by atoms with van der Waals surface area (Å²) in [6.45, 7) is 5.14. The molecule has 0 aliphatic rings. The summed E-state index contributed by atoms with van der Waals surface area (Å²) in [5.41, 5.74) is 2.01. The molecule has 0 aliphatic carbocycles. The Morgan fingerprint density at radius 2 is 2.12 bits per heavy atom. The zero-order chi connectivity index (χ0) is 11.8. The smallest absolute Gasteiger partial charge is 0.119 e. The standard InChI is InChI=1S/C13H16N2O/c1-11(9-15-2)10-16-13-5-3-12(4-6-13)7-8-14/h3-6,15H,1,7,9-10H2,2H3. The molecule has 16 heavy (non-hydrogen) atoms. The van der Waals surface area contributed by atoms with Crippen LogP contribution in [0.15, 0.2) is 36.4 Å². The minimum Gasteiger partial charge on any atom is -0.489 e. The fourth-order valence-corrected chi connectivity index (χ4v) is 1.28. The second-order valence-electron chi connectivity index (χ2n) is 3.55. The summed E-state index contributed by atoms with van der Waals surface area (Å²) >= 11 is 0. The van der Waals surface area contributed by atoms with Crippen LogP contribution in [0.25, 0.3) is 0 Å². The summed E-state index contributed by atoms with van der Waals surface area (Å²) in [6.07, 6.45) is 0.437. The number of nitrogens with zero attached hydrogens (tertiary/aromatic N) is 1. The van der Waals surface area contributed by atoms with Gasteiger partial charge in [0.15, 0.2) is 0 Å². The number of hydrogen-bond donors (Lipinski definition) is 1. The quantitative estimate of drug-likeness (QED) is 0.739. The lowest BCUT2D eigenvalue weighted by Gasteiger charge is -2.08. The van der Waals surface area contributed by atoms with Crippen LogP contribution in [-0.2, 0) is 6.42 Å². The van der Waals surface area contributed by atoms with Crippen molar-refractivity contribution in [3.05, 3.63) is 42.0 Å². The van der Waals surface area contributed by atoms with Gasteiger partial charge in [0.25, 0.3) is 0 Å². The van der Waals surface area contributed by atoms with Crippen molar-refractivity contribution in [2.24, 2.45) is 0 Å². The topological polar surface area (TPSA) is 45.0 Å². The molecule has 0 unspecified atom stereocenters. The summed E-state index contributed by atoms with van der Waals surface area (Å²) in [7, 11) is 1.88. The van der Waals surface area contributed by atoms with E-state index in [0.29, 0.717) is 13.0 Å². The van der Waals surface area contributed by atoms with Crippen LogP contribution in [0.4, 0.5) is 0 Å². The van der Waals surface area contributed by atoms with E-state index in [1.54, 1.807) is 0 Å². The normalized spacial score (nSPS) is 9.50. The van der Waals surface area contributed by atoms with E-state index in [9.17, 15) is 0 Å². The van der Waals surface area contributed by atoms with Crippen molar-refractivity contribution < 1.29 is 4.74 Å². The van der Waals surface area contributed by atoms with Gasteiger partial charge in [-0.2, -0.15) is 5.26 Å². The third kappa shape index (κ3) is 4.16. The first-order chi connectivity index (χ1) is 7.76. The monoisotopic (exact) mass is 216 g/mol. The molecule has 0 aliphatic heterocycles.